The number of fused-ring (bicyclic) bond motifs is 1. The molecule has 1 aromatic heterocycles. The Labute approximate surface area is 141 Å². The Hall–Kier alpha value is -3.13. The summed E-state index contributed by atoms with van der Waals surface area (Å²) in [6.45, 7) is 2.10. The van der Waals surface area contributed by atoms with Gasteiger partial charge in [-0.05, 0) is 42.8 Å². The maximum absolute atomic E-state index is 4.80. The lowest BCUT2D eigenvalue weighted by molar-refractivity contribution is 1.07. The van der Waals surface area contributed by atoms with Crippen molar-refractivity contribution in [2.75, 3.05) is 0 Å². The van der Waals surface area contributed by atoms with Crippen LogP contribution >= 0.6 is 0 Å². The number of nitrogens with zero attached hydrogens (tertiary/aromatic N) is 2. The average Bonchev–Trinajstić information content (AvgIpc) is 3.00. The SMILES string of the molecule is Cc1ccc(-n2c(C=Cc3ccccc3)nc3ccccc32)cc1. The number of aromatic nitrogens is 2. The summed E-state index contributed by atoms with van der Waals surface area (Å²) in [6, 6.07) is 27.1. The number of para-hydroxylation sites is 2. The van der Waals surface area contributed by atoms with E-state index in [1.165, 1.54) is 11.1 Å². The maximum Gasteiger partial charge on any atom is 0.138 e. The minimum Gasteiger partial charge on any atom is -0.293 e. The van der Waals surface area contributed by atoms with Crippen molar-refractivity contribution < 1.29 is 0 Å². The first kappa shape index (κ1) is 14.5. The van der Waals surface area contributed by atoms with Crippen molar-refractivity contribution >= 4 is 23.2 Å². The molecule has 0 aliphatic carbocycles. The van der Waals surface area contributed by atoms with Crippen LogP contribution in [0.1, 0.15) is 17.0 Å². The molecular weight excluding hydrogens is 292 g/mol. The molecule has 1 heterocycles. The maximum atomic E-state index is 4.80. The van der Waals surface area contributed by atoms with Gasteiger partial charge in [-0.2, -0.15) is 0 Å². The first-order chi connectivity index (χ1) is 11.8. The highest BCUT2D eigenvalue weighted by Crippen LogP contribution is 2.23. The molecule has 24 heavy (non-hydrogen) atoms. The molecule has 0 spiro atoms. The van der Waals surface area contributed by atoms with Crippen LogP contribution in [0, 0.1) is 6.92 Å². The molecule has 0 radical (unpaired) electrons. The molecule has 0 N–H and O–H groups in total. The van der Waals surface area contributed by atoms with Crippen LogP contribution in [0.15, 0.2) is 78.9 Å². The number of rotatable bonds is 3. The smallest absolute Gasteiger partial charge is 0.138 e. The summed E-state index contributed by atoms with van der Waals surface area (Å²) >= 11 is 0. The molecule has 4 rings (SSSR count). The number of aryl methyl sites for hydroxylation is 1. The van der Waals surface area contributed by atoms with Gasteiger partial charge in [0.05, 0.1) is 11.0 Å². The second-order valence-corrected chi connectivity index (χ2v) is 5.87. The van der Waals surface area contributed by atoms with Crippen molar-refractivity contribution in [3.05, 3.63) is 95.8 Å². The zero-order chi connectivity index (χ0) is 16.4. The molecule has 0 saturated carbocycles. The molecule has 2 nitrogen and oxygen atoms in total. The van der Waals surface area contributed by atoms with E-state index in [0.29, 0.717) is 0 Å². The summed E-state index contributed by atoms with van der Waals surface area (Å²) in [5.41, 5.74) is 5.67. The zero-order valence-corrected chi connectivity index (χ0v) is 13.6. The van der Waals surface area contributed by atoms with Crippen LogP contribution in [0.2, 0.25) is 0 Å². The lowest BCUT2D eigenvalue weighted by atomic mass is 10.2. The van der Waals surface area contributed by atoms with E-state index in [9.17, 15) is 0 Å². The quantitative estimate of drug-likeness (QED) is 0.488. The van der Waals surface area contributed by atoms with Crippen LogP contribution in [-0.2, 0) is 0 Å². The fraction of sp³-hybridized carbons (Fsp3) is 0.0455. The molecule has 2 heteroatoms. The van der Waals surface area contributed by atoms with Crippen LogP contribution in [0.3, 0.4) is 0 Å². The molecule has 0 unspecified atom stereocenters. The van der Waals surface area contributed by atoms with E-state index in [4.69, 9.17) is 4.98 Å². The highest BCUT2D eigenvalue weighted by atomic mass is 15.1. The summed E-state index contributed by atoms with van der Waals surface area (Å²) in [6.07, 6.45) is 4.18. The van der Waals surface area contributed by atoms with Gasteiger partial charge in [0, 0.05) is 5.69 Å². The summed E-state index contributed by atoms with van der Waals surface area (Å²) < 4.78 is 2.20. The van der Waals surface area contributed by atoms with Crippen molar-refractivity contribution in [2.24, 2.45) is 0 Å². The first-order valence-electron chi connectivity index (χ1n) is 8.09. The number of hydrogen-bond acceptors (Lipinski definition) is 1. The second kappa shape index (κ2) is 6.17. The fourth-order valence-electron chi connectivity index (χ4n) is 2.86. The third-order valence-corrected chi connectivity index (χ3v) is 4.10. The molecule has 0 saturated heterocycles. The van der Waals surface area contributed by atoms with E-state index in [1.54, 1.807) is 0 Å². The molecule has 4 aromatic rings. The van der Waals surface area contributed by atoms with Gasteiger partial charge in [0.1, 0.15) is 5.82 Å². The van der Waals surface area contributed by atoms with Crippen molar-refractivity contribution in [3.8, 4) is 5.69 Å². The Morgan fingerprint density at radius 1 is 0.750 bits per heavy atom. The molecular formula is C22H18N2. The topological polar surface area (TPSA) is 17.8 Å². The van der Waals surface area contributed by atoms with Gasteiger partial charge < -0.3 is 0 Å². The third-order valence-electron chi connectivity index (χ3n) is 4.10. The largest absolute Gasteiger partial charge is 0.293 e. The molecule has 0 aliphatic rings. The highest BCUT2D eigenvalue weighted by Gasteiger charge is 2.09. The average molecular weight is 310 g/mol. The number of benzene rings is 3. The Balaban J connectivity index is 1.87. The van der Waals surface area contributed by atoms with Crippen LogP contribution in [0.5, 0.6) is 0 Å². The normalized spacial score (nSPS) is 11.4. The van der Waals surface area contributed by atoms with Crippen molar-refractivity contribution in [1.29, 1.82) is 0 Å². The van der Waals surface area contributed by atoms with Crippen LogP contribution < -0.4 is 0 Å². The van der Waals surface area contributed by atoms with Crippen molar-refractivity contribution in [1.82, 2.24) is 9.55 Å². The minimum atomic E-state index is 0.934. The van der Waals surface area contributed by atoms with Gasteiger partial charge in [-0.25, -0.2) is 4.98 Å². The van der Waals surface area contributed by atoms with Gasteiger partial charge in [-0.3, -0.25) is 4.57 Å². The Morgan fingerprint density at radius 3 is 2.25 bits per heavy atom. The lowest BCUT2D eigenvalue weighted by Gasteiger charge is -2.07. The number of hydrogen-bond donors (Lipinski definition) is 0. The number of imidazole rings is 1. The van der Waals surface area contributed by atoms with E-state index >= 15 is 0 Å². The van der Waals surface area contributed by atoms with Gasteiger partial charge in [0.15, 0.2) is 0 Å². The summed E-state index contributed by atoms with van der Waals surface area (Å²) in [4.78, 5) is 4.80. The summed E-state index contributed by atoms with van der Waals surface area (Å²) in [7, 11) is 0. The van der Waals surface area contributed by atoms with E-state index in [0.717, 1.165) is 22.5 Å². The predicted octanol–water partition coefficient (Wildman–Crippen LogP) is 5.50. The van der Waals surface area contributed by atoms with Gasteiger partial charge in [-0.1, -0.05) is 66.2 Å². The van der Waals surface area contributed by atoms with E-state index in [1.807, 2.05) is 24.3 Å². The van der Waals surface area contributed by atoms with E-state index in [2.05, 4.69) is 78.2 Å². The van der Waals surface area contributed by atoms with Gasteiger partial charge >= 0.3 is 0 Å². The molecule has 0 aliphatic heterocycles. The fourth-order valence-corrected chi connectivity index (χ4v) is 2.86. The van der Waals surface area contributed by atoms with Crippen molar-refractivity contribution in [2.45, 2.75) is 6.92 Å². The highest BCUT2D eigenvalue weighted by molar-refractivity contribution is 5.82. The standard InChI is InChI=1S/C22H18N2/c1-17-11-14-19(15-12-17)24-21-10-6-5-9-20(21)23-22(24)16-13-18-7-3-2-4-8-18/h2-16H,1H3. The second-order valence-electron chi connectivity index (χ2n) is 5.87. The monoisotopic (exact) mass is 310 g/mol. The Morgan fingerprint density at radius 2 is 1.46 bits per heavy atom. The zero-order valence-electron chi connectivity index (χ0n) is 13.6. The third kappa shape index (κ3) is 2.74. The van der Waals surface area contributed by atoms with Gasteiger partial charge in [0.2, 0.25) is 0 Å². The Bertz CT molecular complexity index is 993. The predicted molar refractivity (Wildman–Crippen MR) is 101 cm³/mol. The van der Waals surface area contributed by atoms with E-state index < -0.39 is 0 Å². The van der Waals surface area contributed by atoms with Gasteiger partial charge in [0.25, 0.3) is 0 Å². The minimum absolute atomic E-state index is 0.934. The van der Waals surface area contributed by atoms with E-state index in [-0.39, 0.29) is 0 Å². The van der Waals surface area contributed by atoms with Crippen molar-refractivity contribution in [3.63, 3.8) is 0 Å². The van der Waals surface area contributed by atoms with Crippen LogP contribution in [0.4, 0.5) is 0 Å². The summed E-state index contributed by atoms with van der Waals surface area (Å²) in [5, 5.41) is 0. The van der Waals surface area contributed by atoms with Gasteiger partial charge in [-0.15, -0.1) is 0 Å². The van der Waals surface area contributed by atoms with Crippen LogP contribution in [0.25, 0.3) is 28.9 Å². The molecule has 0 fully saturated rings. The first-order valence-corrected chi connectivity index (χ1v) is 8.09. The Kier molecular flexibility index (Phi) is 3.72. The molecule has 3 aromatic carbocycles. The summed E-state index contributed by atoms with van der Waals surface area (Å²) in [5.74, 6) is 0.934. The molecule has 0 amide bonds. The molecule has 0 atom stereocenters. The molecule has 0 bridgehead atoms. The lowest BCUT2D eigenvalue weighted by Crippen LogP contribution is -1.97. The van der Waals surface area contributed by atoms with Crippen LogP contribution in [-0.4, -0.2) is 9.55 Å². The molecule has 116 valence electrons.